The monoisotopic (exact) mass is 530 g/mol. The highest BCUT2D eigenvalue weighted by molar-refractivity contribution is 6.28. The number of alkyl halides is 6. The summed E-state index contributed by atoms with van der Waals surface area (Å²) in [5.41, 5.74) is -10.7. The Labute approximate surface area is 201 Å². The van der Waals surface area contributed by atoms with Crippen molar-refractivity contribution in [2.24, 2.45) is 0 Å². The van der Waals surface area contributed by atoms with Crippen LogP contribution in [0, 0.1) is 11.6 Å². The molecule has 4 amide bonds. The van der Waals surface area contributed by atoms with Gasteiger partial charge in [0.1, 0.15) is 11.6 Å². The summed E-state index contributed by atoms with van der Waals surface area (Å²) in [6.07, 6.45) is -9.96. The Kier molecular flexibility index (Phi) is 5.81. The highest BCUT2D eigenvalue weighted by Crippen LogP contribution is 2.57. The van der Waals surface area contributed by atoms with E-state index in [9.17, 15) is 54.3 Å². The number of nitrogens with zero attached hydrogens (tertiary/aromatic N) is 2. The normalized spacial score (nSPS) is 16.5. The van der Waals surface area contributed by atoms with Crippen molar-refractivity contribution in [3.05, 3.63) is 83.5 Å². The molecule has 2 aromatic carbocycles. The molecule has 0 unspecified atom stereocenters. The third kappa shape index (κ3) is 3.97. The van der Waals surface area contributed by atoms with E-state index >= 15 is 0 Å². The molecule has 2 aliphatic heterocycles. The molecule has 0 saturated heterocycles. The fourth-order valence-electron chi connectivity index (χ4n) is 4.13. The first-order chi connectivity index (χ1) is 17.1. The molecule has 0 fully saturated rings. The fourth-order valence-corrected chi connectivity index (χ4v) is 4.13. The topological polar surface area (TPSA) is 74.8 Å². The number of amides is 4. The molecule has 192 valence electrons. The lowest BCUT2D eigenvalue weighted by Gasteiger charge is -2.39. The van der Waals surface area contributed by atoms with Gasteiger partial charge in [0, 0.05) is 24.3 Å². The Morgan fingerprint density at radius 1 is 0.486 bits per heavy atom. The minimum atomic E-state index is -6.32. The summed E-state index contributed by atoms with van der Waals surface area (Å²) in [6, 6.07) is 0.751. The average Bonchev–Trinajstić information content (AvgIpc) is 3.25. The Balaban J connectivity index is 2.05. The third-order valence-corrected chi connectivity index (χ3v) is 5.62. The van der Waals surface area contributed by atoms with Gasteiger partial charge in [-0.25, -0.2) is 18.6 Å². The zero-order valence-electron chi connectivity index (χ0n) is 17.8. The SMILES string of the molecule is O=C1C=CC(=O)N1c1cc(F)cc(C(c2cc(F)cc(N3C(=O)C=CC3=O)c2)(C(F)(F)F)C(F)(F)F)c1. The van der Waals surface area contributed by atoms with Crippen molar-refractivity contribution in [3.8, 4) is 0 Å². The highest BCUT2D eigenvalue weighted by atomic mass is 19.4. The van der Waals surface area contributed by atoms with E-state index in [1.165, 1.54) is 0 Å². The van der Waals surface area contributed by atoms with E-state index in [-0.39, 0.29) is 34.1 Å². The Hall–Kier alpha value is -4.36. The van der Waals surface area contributed by atoms with Gasteiger partial charge in [0.25, 0.3) is 23.6 Å². The molecule has 0 radical (unpaired) electrons. The number of imide groups is 2. The van der Waals surface area contributed by atoms with Crippen LogP contribution in [-0.4, -0.2) is 36.0 Å². The van der Waals surface area contributed by atoms with Crippen LogP contribution in [0.5, 0.6) is 0 Å². The predicted octanol–water partition coefficient (Wildman–Crippen LogP) is 4.23. The molecule has 6 nitrogen and oxygen atoms in total. The van der Waals surface area contributed by atoms with E-state index in [0.29, 0.717) is 36.4 Å². The molecule has 37 heavy (non-hydrogen) atoms. The van der Waals surface area contributed by atoms with Crippen LogP contribution in [0.1, 0.15) is 11.1 Å². The quantitative estimate of drug-likeness (QED) is 0.438. The van der Waals surface area contributed by atoms with Gasteiger partial charge in [0.05, 0.1) is 11.4 Å². The van der Waals surface area contributed by atoms with Gasteiger partial charge >= 0.3 is 12.4 Å². The summed E-state index contributed by atoms with van der Waals surface area (Å²) in [7, 11) is 0. The molecule has 14 heteroatoms. The average molecular weight is 530 g/mol. The smallest absolute Gasteiger partial charge is 0.269 e. The molecule has 4 rings (SSSR count). The first-order valence-electron chi connectivity index (χ1n) is 9.96. The van der Waals surface area contributed by atoms with Crippen molar-refractivity contribution in [2.45, 2.75) is 17.8 Å². The Morgan fingerprint density at radius 3 is 1.05 bits per heavy atom. The molecule has 0 N–H and O–H groups in total. The van der Waals surface area contributed by atoms with Gasteiger partial charge in [0.15, 0.2) is 0 Å². The summed E-state index contributed by atoms with van der Waals surface area (Å²) in [5, 5.41) is 0. The number of rotatable bonds is 4. The number of hydrogen-bond acceptors (Lipinski definition) is 4. The Bertz CT molecular complexity index is 1280. The van der Waals surface area contributed by atoms with Crippen LogP contribution >= 0.6 is 0 Å². The number of hydrogen-bond donors (Lipinski definition) is 0. The molecule has 0 aliphatic carbocycles. The van der Waals surface area contributed by atoms with Gasteiger partial charge in [-0.1, -0.05) is 0 Å². The van der Waals surface area contributed by atoms with E-state index < -0.39 is 75.5 Å². The molecule has 0 saturated carbocycles. The van der Waals surface area contributed by atoms with Gasteiger partial charge < -0.3 is 0 Å². The largest absolute Gasteiger partial charge is 0.411 e. The van der Waals surface area contributed by atoms with Crippen molar-refractivity contribution in [1.82, 2.24) is 0 Å². The molecular weight excluding hydrogens is 520 g/mol. The van der Waals surface area contributed by atoms with Gasteiger partial charge in [-0.05, 0) is 47.5 Å². The lowest BCUT2D eigenvalue weighted by Crippen LogP contribution is -2.55. The van der Waals surface area contributed by atoms with E-state index in [2.05, 4.69) is 0 Å². The zero-order chi connectivity index (χ0) is 27.5. The maximum absolute atomic E-state index is 14.5. The zero-order valence-corrected chi connectivity index (χ0v) is 17.8. The van der Waals surface area contributed by atoms with Crippen LogP contribution in [0.15, 0.2) is 60.7 Å². The fraction of sp³-hybridized carbons (Fsp3) is 0.130. The maximum atomic E-state index is 14.5. The molecular formula is C23H10F8N2O4. The molecule has 2 aliphatic rings. The molecule has 2 aromatic rings. The third-order valence-electron chi connectivity index (χ3n) is 5.62. The molecule has 0 atom stereocenters. The lowest BCUT2D eigenvalue weighted by molar-refractivity contribution is -0.288. The summed E-state index contributed by atoms with van der Waals surface area (Å²) < 4.78 is 116. The van der Waals surface area contributed by atoms with Crippen LogP contribution in [-0.2, 0) is 24.6 Å². The van der Waals surface area contributed by atoms with Gasteiger partial charge in [-0.15, -0.1) is 0 Å². The van der Waals surface area contributed by atoms with E-state index in [1.807, 2.05) is 0 Å². The predicted molar refractivity (Wildman–Crippen MR) is 109 cm³/mol. The first-order valence-corrected chi connectivity index (χ1v) is 9.96. The van der Waals surface area contributed by atoms with Crippen molar-refractivity contribution < 1.29 is 54.3 Å². The van der Waals surface area contributed by atoms with Gasteiger partial charge in [-0.3, -0.25) is 19.2 Å². The van der Waals surface area contributed by atoms with Crippen molar-refractivity contribution in [3.63, 3.8) is 0 Å². The highest BCUT2D eigenvalue weighted by Gasteiger charge is 2.73. The van der Waals surface area contributed by atoms with E-state index in [0.717, 1.165) is 0 Å². The van der Waals surface area contributed by atoms with Crippen LogP contribution in [0.4, 0.5) is 46.5 Å². The molecule has 0 spiro atoms. The van der Waals surface area contributed by atoms with Crippen molar-refractivity contribution in [2.75, 3.05) is 9.80 Å². The van der Waals surface area contributed by atoms with Gasteiger partial charge in [-0.2, -0.15) is 26.3 Å². The second-order valence-electron chi connectivity index (χ2n) is 7.83. The molecule has 0 aromatic heterocycles. The number of carbonyl (C=O) groups excluding carboxylic acids is 4. The summed E-state index contributed by atoms with van der Waals surface area (Å²) in [4.78, 5) is 48.1. The number of benzene rings is 2. The lowest BCUT2D eigenvalue weighted by atomic mass is 9.72. The number of halogens is 8. The summed E-state index contributed by atoms with van der Waals surface area (Å²) in [6.45, 7) is 0. The van der Waals surface area contributed by atoms with Crippen molar-refractivity contribution in [1.29, 1.82) is 0 Å². The second kappa shape index (κ2) is 8.35. The summed E-state index contributed by atoms with van der Waals surface area (Å²) >= 11 is 0. The van der Waals surface area contributed by atoms with Crippen LogP contribution in [0.3, 0.4) is 0 Å². The minimum Gasteiger partial charge on any atom is -0.269 e. The first kappa shape index (κ1) is 25.7. The maximum Gasteiger partial charge on any atom is 0.411 e. The second-order valence-corrected chi connectivity index (χ2v) is 7.83. The van der Waals surface area contributed by atoms with E-state index in [4.69, 9.17) is 0 Å². The van der Waals surface area contributed by atoms with Crippen LogP contribution in [0.25, 0.3) is 0 Å². The number of anilines is 2. The van der Waals surface area contributed by atoms with Gasteiger partial charge in [0.2, 0.25) is 5.41 Å². The molecule has 2 heterocycles. The Morgan fingerprint density at radius 2 is 0.784 bits per heavy atom. The molecule has 0 bridgehead atoms. The minimum absolute atomic E-state index is 0.124. The van der Waals surface area contributed by atoms with E-state index in [1.54, 1.807) is 0 Å². The summed E-state index contributed by atoms with van der Waals surface area (Å²) in [5.74, 6) is -7.97. The number of carbonyl (C=O) groups is 4. The standard InChI is InChI=1S/C23H10F8N2O4/c24-13-5-11(7-15(9-13)32-17(34)1-2-18(32)35)21(22(26,27)28,23(29,30)31)12-6-14(25)10-16(8-12)33-19(36)3-4-20(33)37/h1-10H. The van der Waals surface area contributed by atoms with Crippen LogP contribution in [0.2, 0.25) is 0 Å². The van der Waals surface area contributed by atoms with Crippen molar-refractivity contribution >= 4 is 35.0 Å². The van der Waals surface area contributed by atoms with Crippen LogP contribution < -0.4 is 9.80 Å².